The summed E-state index contributed by atoms with van der Waals surface area (Å²) in [6.45, 7) is 0. The molecule has 0 aliphatic heterocycles. The van der Waals surface area contributed by atoms with E-state index in [0.29, 0.717) is 0 Å². The molecule has 0 spiro atoms. The number of thiophene rings is 1. The zero-order chi connectivity index (χ0) is 9.42. The smallest absolute Gasteiger partial charge is 0.137 e. The number of nitrogen functional groups attached to an aromatic ring is 1. The lowest BCUT2D eigenvalue weighted by Crippen LogP contribution is -1.85. The van der Waals surface area contributed by atoms with Gasteiger partial charge in [-0.3, -0.25) is 0 Å². The van der Waals surface area contributed by atoms with Gasteiger partial charge in [0.05, 0.1) is 17.5 Å². The van der Waals surface area contributed by atoms with Crippen LogP contribution in [0.2, 0.25) is 0 Å². The van der Waals surface area contributed by atoms with Crippen LogP contribution in [0.5, 0.6) is 5.75 Å². The third-order valence-corrected chi connectivity index (χ3v) is 3.15. The van der Waals surface area contributed by atoms with Crippen LogP contribution in [0.3, 0.4) is 0 Å². The lowest BCUT2D eigenvalue weighted by molar-refractivity contribution is 0.421. The van der Waals surface area contributed by atoms with E-state index >= 15 is 0 Å². The number of hydrogen-bond acceptors (Lipinski definition) is 4. The van der Waals surface area contributed by atoms with Crippen molar-refractivity contribution in [2.75, 3.05) is 12.8 Å². The molecule has 1 aromatic heterocycles. The summed E-state index contributed by atoms with van der Waals surface area (Å²) >= 11 is 5.85. The molecule has 1 heterocycles. The average molecular weight is 211 g/mol. The van der Waals surface area contributed by atoms with Gasteiger partial charge >= 0.3 is 0 Å². The van der Waals surface area contributed by atoms with Crippen LogP contribution in [0.15, 0.2) is 22.4 Å². The van der Waals surface area contributed by atoms with Crippen LogP contribution in [0.4, 0.5) is 5.69 Å². The second-order valence-electron chi connectivity index (χ2n) is 2.72. The molecule has 1 aromatic carbocycles. The Labute approximate surface area is 85.7 Å². The highest BCUT2D eigenvalue weighted by Gasteiger charge is 2.07. The molecule has 13 heavy (non-hydrogen) atoms. The number of hydrogen-bond donors (Lipinski definition) is 2. The number of anilines is 1. The zero-order valence-electron chi connectivity index (χ0n) is 7.07. The van der Waals surface area contributed by atoms with E-state index in [1.165, 1.54) is 0 Å². The molecule has 2 nitrogen and oxygen atoms in total. The predicted molar refractivity (Wildman–Crippen MR) is 60.0 cm³/mol. The first kappa shape index (κ1) is 8.72. The first-order chi connectivity index (χ1) is 6.22. The molecule has 0 bridgehead atoms. The van der Waals surface area contributed by atoms with Gasteiger partial charge in [0.25, 0.3) is 0 Å². The van der Waals surface area contributed by atoms with Gasteiger partial charge in [-0.1, -0.05) is 0 Å². The van der Waals surface area contributed by atoms with Crippen LogP contribution in [-0.2, 0) is 0 Å². The molecule has 0 unspecified atom stereocenters. The van der Waals surface area contributed by atoms with Crippen LogP contribution >= 0.6 is 24.0 Å². The van der Waals surface area contributed by atoms with Crippen LogP contribution in [0.25, 0.3) is 10.1 Å². The van der Waals surface area contributed by atoms with Gasteiger partial charge < -0.3 is 10.5 Å². The summed E-state index contributed by atoms with van der Waals surface area (Å²) in [5.74, 6) is 0.864. The Morgan fingerprint density at radius 2 is 2.23 bits per heavy atom. The summed E-state index contributed by atoms with van der Waals surface area (Å²) in [6, 6.07) is 3.81. The minimum atomic E-state index is 0.760. The fraction of sp³-hybridized carbons (Fsp3) is 0.111. The van der Waals surface area contributed by atoms with Crippen molar-refractivity contribution in [3.05, 3.63) is 17.5 Å². The molecule has 2 aromatic rings. The summed E-state index contributed by atoms with van der Waals surface area (Å²) in [4.78, 5) is 0.863. The standard InChI is InChI=1S/C9H9NOS2/c1-11-8-4-13-9-6(8)2-5(12)3-7(9)10/h2-4,12H,10H2,1H3. The molecule has 68 valence electrons. The molecule has 0 saturated carbocycles. The normalized spacial score (nSPS) is 10.6. The van der Waals surface area contributed by atoms with Gasteiger partial charge in [-0.25, -0.2) is 0 Å². The zero-order valence-corrected chi connectivity index (χ0v) is 8.78. The fourth-order valence-electron chi connectivity index (χ4n) is 1.28. The number of methoxy groups -OCH3 is 1. The molecule has 4 heteroatoms. The van der Waals surface area contributed by atoms with Gasteiger partial charge in [-0.15, -0.1) is 24.0 Å². The fourth-order valence-corrected chi connectivity index (χ4v) is 2.48. The van der Waals surface area contributed by atoms with Crippen LogP contribution in [0.1, 0.15) is 0 Å². The van der Waals surface area contributed by atoms with E-state index < -0.39 is 0 Å². The molecule has 0 radical (unpaired) electrons. The van der Waals surface area contributed by atoms with Gasteiger partial charge in [0.15, 0.2) is 0 Å². The molecular weight excluding hydrogens is 202 g/mol. The molecule has 2 N–H and O–H groups in total. The molecular formula is C9H9NOS2. The largest absolute Gasteiger partial charge is 0.495 e. The third kappa shape index (κ3) is 1.36. The van der Waals surface area contributed by atoms with Crippen molar-refractivity contribution in [1.29, 1.82) is 0 Å². The van der Waals surface area contributed by atoms with E-state index in [1.54, 1.807) is 18.4 Å². The second kappa shape index (κ2) is 3.12. The quantitative estimate of drug-likeness (QED) is 0.562. The van der Waals surface area contributed by atoms with E-state index in [9.17, 15) is 0 Å². The Morgan fingerprint density at radius 3 is 2.92 bits per heavy atom. The lowest BCUT2D eigenvalue weighted by Gasteiger charge is -2.00. The van der Waals surface area contributed by atoms with Crippen molar-refractivity contribution >= 4 is 39.7 Å². The van der Waals surface area contributed by atoms with E-state index in [2.05, 4.69) is 12.6 Å². The molecule has 2 rings (SSSR count). The van der Waals surface area contributed by atoms with Crippen molar-refractivity contribution in [3.63, 3.8) is 0 Å². The Morgan fingerprint density at radius 1 is 1.46 bits per heavy atom. The number of fused-ring (bicyclic) bond motifs is 1. The maximum absolute atomic E-state index is 5.83. The Balaban J connectivity index is 2.82. The molecule has 0 saturated heterocycles. The monoisotopic (exact) mass is 211 g/mol. The SMILES string of the molecule is COc1csc2c(N)cc(S)cc12. The first-order valence-electron chi connectivity index (χ1n) is 3.76. The maximum Gasteiger partial charge on any atom is 0.137 e. The molecule has 0 aliphatic carbocycles. The van der Waals surface area contributed by atoms with E-state index in [4.69, 9.17) is 10.5 Å². The molecule has 0 fully saturated rings. The average Bonchev–Trinajstić information content (AvgIpc) is 2.47. The third-order valence-electron chi connectivity index (χ3n) is 1.87. The number of thiol groups is 1. The van der Waals surface area contributed by atoms with Gasteiger partial charge in [0.1, 0.15) is 5.75 Å². The van der Waals surface area contributed by atoms with Crippen molar-refractivity contribution < 1.29 is 4.74 Å². The minimum Gasteiger partial charge on any atom is -0.495 e. The summed E-state index contributed by atoms with van der Waals surface area (Å²) < 4.78 is 6.26. The Bertz CT molecular complexity index is 450. The highest BCUT2D eigenvalue weighted by atomic mass is 32.1. The topological polar surface area (TPSA) is 35.2 Å². The minimum absolute atomic E-state index is 0.760. The molecule has 0 atom stereocenters. The highest BCUT2D eigenvalue weighted by molar-refractivity contribution is 7.80. The van der Waals surface area contributed by atoms with Crippen LogP contribution in [0, 0.1) is 0 Å². The van der Waals surface area contributed by atoms with Crippen LogP contribution in [-0.4, -0.2) is 7.11 Å². The summed E-state index contributed by atoms with van der Waals surface area (Å²) in [5, 5.41) is 2.99. The van der Waals surface area contributed by atoms with E-state index in [0.717, 1.165) is 26.4 Å². The van der Waals surface area contributed by atoms with Crippen LogP contribution < -0.4 is 10.5 Å². The van der Waals surface area contributed by atoms with Gasteiger partial charge in [-0.05, 0) is 12.1 Å². The van der Waals surface area contributed by atoms with Crippen molar-refractivity contribution in [3.8, 4) is 5.75 Å². The van der Waals surface area contributed by atoms with Gasteiger partial charge in [0, 0.05) is 15.7 Å². The van der Waals surface area contributed by atoms with E-state index in [1.807, 2.05) is 17.5 Å². The number of benzene rings is 1. The summed E-state index contributed by atoms with van der Waals surface area (Å²) in [5.41, 5.74) is 6.59. The summed E-state index contributed by atoms with van der Waals surface area (Å²) in [6.07, 6.45) is 0. The Kier molecular flexibility index (Phi) is 2.09. The lowest BCUT2D eigenvalue weighted by atomic mass is 10.2. The van der Waals surface area contributed by atoms with Crippen molar-refractivity contribution in [2.24, 2.45) is 0 Å². The summed E-state index contributed by atoms with van der Waals surface area (Å²) in [7, 11) is 1.66. The number of nitrogens with two attached hydrogens (primary N) is 1. The molecule has 0 amide bonds. The Hall–Kier alpha value is -0.870. The first-order valence-corrected chi connectivity index (χ1v) is 5.08. The van der Waals surface area contributed by atoms with Gasteiger partial charge in [0.2, 0.25) is 0 Å². The maximum atomic E-state index is 5.83. The predicted octanol–water partition coefficient (Wildman–Crippen LogP) is 2.78. The number of ether oxygens (including phenoxy) is 1. The second-order valence-corrected chi connectivity index (χ2v) is 4.11. The van der Waals surface area contributed by atoms with E-state index in [-0.39, 0.29) is 0 Å². The van der Waals surface area contributed by atoms with Crippen molar-refractivity contribution in [2.45, 2.75) is 4.90 Å². The van der Waals surface area contributed by atoms with Crippen molar-refractivity contribution in [1.82, 2.24) is 0 Å². The molecule has 0 aliphatic rings. The van der Waals surface area contributed by atoms with Gasteiger partial charge in [-0.2, -0.15) is 0 Å². The number of rotatable bonds is 1. The highest BCUT2D eigenvalue weighted by Crippen LogP contribution is 2.37.